The Morgan fingerprint density at radius 1 is 1.04 bits per heavy atom. The van der Waals surface area contributed by atoms with Crippen LogP contribution in [0.2, 0.25) is 0 Å². The molecule has 0 aliphatic heterocycles. The summed E-state index contributed by atoms with van der Waals surface area (Å²) in [5.74, 6) is 0.620. The third-order valence-corrected chi connectivity index (χ3v) is 3.69. The lowest BCUT2D eigenvalue weighted by Gasteiger charge is -2.06. The highest BCUT2D eigenvalue weighted by molar-refractivity contribution is 5.91. The zero-order valence-electron chi connectivity index (χ0n) is 14.4. The van der Waals surface area contributed by atoms with Gasteiger partial charge in [-0.05, 0) is 48.6 Å². The normalized spacial score (nSPS) is 10.8. The highest BCUT2D eigenvalue weighted by Gasteiger charge is 1.97. The van der Waals surface area contributed by atoms with E-state index in [1.54, 1.807) is 6.08 Å². The zero-order valence-corrected chi connectivity index (χ0v) is 14.4. The Hall–Kier alpha value is -2.59. The number of carbonyl (C=O) groups is 1. The number of ether oxygens (including phenoxy) is 1. The van der Waals surface area contributed by atoms with E-state index in [4.69, 9.17) is 9.84 Å². The van der Waals surface area contributed by atoms with Crippen molar-refractivity contribution in [2.45, 2.75) is 19.3 Å². The van der Waals surface area contributed by atoms with Gasteiger partial charge in [-0.3, -0.25) is 4.79 Å². The molecule has 0 saturated carbocycles. The van der Waals surface area contributed by atoms with Gasteiger partial charge in [0.25, 0.3) is 0 Å². The molecule has 0 fully saturated rings. The first kappa shape index (κ1) is 18.7. The van der Waals surface area contributed by atoms with Crippen LogP contribution in [0.25, 0.3) is 6.08 Å². The van der Waals surface area contributed by atoms with Crippen LogP contribution in [0, 0.1) is 0 Å². The van der Waals surface area contributed by atoms with E-state index in [1.807, 2.05) is 30.3 Å². The van der Waals surface area contributed by atoms with Crippen LogP contribution in [-0.2, 0) is 11.2 Å². The van der Waals surface area contributed by atoms with E-state index in [9.17, 15) is 4.79 Å². The number of aliphatic hydroxyl groups excluding tert-OH is 1. The minimum atomic E-state index is -0.215. The minimum Gasteiger partial charge on any atom is -0.494 e. The van der Waals surface area contributed by atoms with Gasteiger partial charge in [0.05, 0.1) is 13.2 Å². The van der Waals surface area contributed by atoms with Crippen molar-refractivity contribution in [3.05, 3.63) is 71.8 Å². The summed E-state index contributed by atoms with van der Waals surface area (Å²) in [5, 5.41) is 11.2. The minimum absolute atomic E-state index is 0.0586. The van der Waals surface area contributed by atoms with E-state index < -0.39 is 0 Å². The topological polar surface area (TPSA) is 58.6 Å². The predicted molar refractivity (Wildman–Crippen MR) is 100 cm³/mol. The number of aliphatic hydroxyl groups is 1. The Bertz CT molecular complexity index is 651. The molecule has 4 heteroatoms. The van der Waals surface area contributed by atoms with Gasteiger partial charge in [-0.25, -0.2) is 0 Å². The van der Waals surface area contributed by atoms with Crippen LogP contribution < -0.4 is 10.1 Å². The monoisotopic (exact) mass is 339 g/mol. The maximum atomic E-state index is 11.4. The summed E-state index contributed by atoms with van der Waals surface area (Å²) in [4.78, 5) is 11.4. The second-order valence-corrected chi connectivity index (χ2v) is 5.71. The van der Waals surface area contributed by atoms with Crippen molar-refractivity contribution < 1.29 is 14.6 Å². The van der Waals surface area contributed by atoms with Crippen LogP contribution in [0.5, 0.6) is 5.75 Å². The molecule has 4 nitrogen and oxygen atoms in total. The lowest BCUT2D eigenvalue weighted by molar-refractivity contribution is -0.116. The highest BCUT2D eigenvalue weighted by Crippen LogP contribution is 2.14. The third-order valence-electron chi connectivity index (χ3n) is 3.69. The number of amides is 1. The van der Waals surface area contributed by atoms with E-state index in [2.05, 4.69) is 29.6 Å². The summed E-state index contributed by atoms with van der Waals surface area (Å²) in [5.41, 5.74) is 2.29. The average molecular weight is 339 g/mol. The number of hydrogen-bond acceptors (Lipinski definition) is 3. The van der Waals surface area contributed by atoms with Crippen LogP contribution in [-0.4, -0.2) is 30.8 Å². The second kappa shape index (κ2) is 11.0. The molecule has 132 valence electrons. The van der Waals surface area contributed by atoms with Crippen LogP contribution in [0.3, 0.4) is 0 Å². The van der Waals surface area contributed by atoms with Crippen molar-refractivity contribution in [2.75, 3.05) is 19.8 Å². The van der Waals surface area contributed by atoms with Crippen molar-refractivity contribution in [1.29, 1.82) is 0 Å². The maximum Gasteiger partial charge on any atom is 0.244 e. The Morgan fingerprint density at radius 3 is 2.52 bits per heavy atom. The quantitative estimate of drug-likeness (QED) is 0.516. The molecule has 0 spiro atoms. The number of carbonyl (C=O) groups excluding carboxylic acids is 1. The molecular weight excluding hydrogens is 314 g/mol. The van der Waals surface area contributed by atoms with Crippen molar-refractivity contribution in [3.63, 3.8) is 0 Å². The standard InChI is InChI=1S/C21H25NO3/c23-16-15-22-21(24)14-11-19-9-12-20(13-10-19)25-17-5-4-8-18-6-2-1-3-7-18/h1-3,6-7,9-14,23H,4-5,8,15-17H2,(H,22,24). The average Bonchev–Trinajstić information content (AvgIpc) is 2.66. The molecule has 2 rings (SSSR count). The SMILES string of the molecule is O=C(C=Cc1ccc(OCCCCc2ccccc2)cc1)NCCO. The van der Waals surface area contributed by atoms with Gasteiger partial charge in [-0.15, -0.1) is 0 Å². The molecule has 1 amide bonds. The second-order valence-electron chi connectivity index (χ2n) is 5.71. The largest absolute Gasteiger partial charge is 0.494 e. The van der Waals surface area contributed by atoms with Crippen LogP contribution >= 0.6 is 0 Å². The molecule has 0 aliphatic carbocycles. The molecule has 0 atom stereocenters. The fourth-order valence-electron chi connectivity index (χ4n) is 2.35. The first-order valence-corrected chi connectivity index (χ1v) is 8.61. The number of hydrogen-bond donors (Lipinski definition) is 2. The van der Waals surface area contributed by atoms with E-state index >= 15 is 0 Å². The van der Waals surface area contributed by atoms with Crippen molar-refractivity contribution in [2.24, 2.45) is 0 Å². The zero-order chi connectivity index (χ0) is 17.7. The van der Waals surface area contributed by atoms with Gasteiger partial charge in [0.1, 0.15) is 5.75 Å². The van der Waals surface area contributed by atoms with E-state index in [0.717, 1.165) is 30.6 Å². The van der Waals surface area contributed by atoms with Gasteiger partial charge < -0.3 is 15.2 Å². The first-order chi connectivity index (χ1) is 12.3. The highest BCUT2D eigenvalue weighted by atomic mass is 16.5. The number of aryl methyl sites for hydroxylation is 1. The summed E-state index contributed by atoms with van der Waals surface area (Å²) in [7, 11) is 0. The molecule has 0 saturated heterocycles. The Morgan fingerprint density at radius 2 is 1.80 bits per heavy atom. The van der Waals surface area contributed by atoms with Gasteiger partial charge in [0.15, 0.2) is 0 Å². The van der Waals surface area contributed by atoms with Gasteiger partial charge in [-0.1, -0.05) is 42.5 Å². The number of benzene rings is 2. The molecular formula is C21H25NO3. The number of rotatable bonds is 10. The van der Waals surface area contributed by atoms with Crippen LogP contribution in [0.1, 0.15) is 24.0 Å². The molecule has 0 unspecified atom stereocenters. The Kier molecular flexibility index (Phi) is 8.29. The van der Waals surface area contributed by atoms with Crippen molar-refractivity contribution in [3.8, 4) is 5.75 Å². The summed E-state index contributed by atoms with van der Waals surface area (Å²) in [6.45, 7) is 0.906. The molecule has 0 aliphatic rings. The molecule has 2 aromatic carbocycles. The Labute approximate surface area is 149 Å². The lowest BCUT2D eigenvalue weighted by Crippen LogP contribution is -2.24. The molecule has 2 aromatic rings. The van der Waals surface area contributed by atoms with Crippen molar-refractivity contribution in [1.82, 2.24) is 5.32 Å². The molecule has 25 heavy (non-hydrogen) atoms. The predicted octanol–water partition coefficient (Wildman–Crippen LogP) is 3.21. The number of nitrogens with one attached hydrogen (secondary N) is 1. The molecule has 0 bridgehead atoms. The maximum absolute atomic E-state index is 11.4. The number of unbranched alkanes of at least 4 members (excludes halogenated alkanes) is 1. The molecule has 0 radical (unpaired) electrons. The van der Waals surface area contributed by atoms with Gasteiger partial charge in [0, 0.05) is 12.6 Å². The molecule has 2 N–H and O–H groups in total. The smallest absolute Gasteiger partial charge is 0.244 e. The van der Waals surface area contributed by atoms with E-state index in [1.165, 1.54) is 11.6 Å². The van der Waals surface area contributed by atoms with Crippen molar-refractivity contribution >= 4 is 12.0 Å². The Balaban J connectivity index is 1.66. The third kappa shape index (κ3) is 7.68. The summed E-state index contributed by atoms with van der Waals surface area (Å²) in [6.07, 6.45) is 6.38. The summed E-state index contributed by atoms with van der Waals surface area (Å²) >= 11 is 0. The van der Waals surface area contributed by atoms with Crippen LogP contribution in [0.4, 0.5) is 0 Å². The van der Waals surface area contributed by atoms with E-state index in [0.29, 0.717) is 6.61 Å². The van der Waals surface area contributed by atoms with Crippen LogP contribution in [0.15, 0.2) is 60.7 Å². The lowest BCUT2D eigenvalue weighted by atomic mass is 10.1. The summed E-state index contributed by atoms with van der Waals surface area (Å²) in [6, 6.07) is 18.1. The fraction of sp³-hybridized carbons (Fsp3) is 0.286. The molecule has 0 aromatic heterocycles. The van der Waals surface area contributed by atoms with Gasteiger partial charge in [0.2, 0.25) is 5.91 Å². The molecule has 0 heterocycles. The van der Waals surface area contributed by atoms with Gasteiger partial charge >= 0.3 is 0 Å². The van der Waals surface area contributed by atoms with E-state index in [-0.39, 0.29) is 19.1 Å². The summed E-state index contributed by atoms with van der Waals surface area (Å²) < 4.78 is 5.75. The van der Waals surface area contributed by atoms with Gasteiger partial charge in [-0.2, -0.15) is 0 Å². The fourth-order valence-corrected chi connectivity index (χ4v) is 2.35. The first-order valence-electron chi connectivity index (χ1n) is 8.61.